The Morgan fingerprint density at radius 1 is 1.21 bits per heavy atom. The monoisotopic (exact) mass is 336 g/mol. The molecule has 0 spiro atoms. The highest BCUT2D eigenvalue weighted by molar-refractivity contribution is 9.08. The Labute approximate surface area is 126 Å². The minimum Gasteiger partial charge on any atom is -0.241 e. The molecular formula is C15H14BrClN2. The lowest BCUT2D eigenvalue weighted by Gasteiger charge is -2.07. The lowest BCUT2D eigenvalue weighted by molar-refractivity contribution is 0.879. The number of halogens is 2. The molecule has 1 aliphatic rings. The van der Waals surface area contributed by atoms with Gasteiger partial charge in [0.2, 0.25) is 0 Å². The van der Waals surface area contributed by atoms with E-state index in [0.717, 1.165) is 22.6 Å². The summed E-state index contributed by atoms with van der Waals surface area (Å²) >= 11 is 9.40. The molecule has 19 heavy (non-hydrogen) atoms. The molecule has 0 bridgehead atoms. The summed E-state index contributed by atoms with van der Waals surface area (Å²) in [5, 5.41) is 1.60. The maximum atomic E-state index is 5.89. The average Bonchev–Trinajstić information content (AvgIpc) is 3.26. The van der Waals surface area contributed by atoms with Crippen LogP contribution in [0.2, 0.25) is 5.02 Å². The Hall–Kier alpha value is -0.930. The third-order valence-electron chi connectivity index (χ3n) is 3.33. The Morgan fingerprint density at radius 3 is 2.58 bits per heavy atom. The van der Waals surface area contributed by atoms with Gasteiger partial charge in [-0.15, -0.1) is 0 Å². The highest BCUT2D eigenvalue weighted by Gasteiger charge is 2.27. The Morgan fingerprint density at radius 2 is 1.95 bits per heavy atom. The summed E-state index contributed by atoms with van der Waals surface area (Å²) < 4.78 is 0. The standard InChI is InChI=1S/C15H14BrClN2/c16-8-12-9-18-14(19-15(12)11-3-4-11)7-10-1-5-13(17)6-2-10/h1-2,5-6,9,11H,3-4,7-8H2. The number of hydrogen-bond acceptors (Lipinski definition) is 2. The molecule has 2 aromatic rings. The third kappa shape index (κ3) is 3.15. The highest BCUT2D eigenvalue weighted by atomic mass is 79.9. The molecule has 1 aromatic heterocycles. The molecule has 4 heteroatoms. The molecule has 0 atom stereocenters. The van der Waals surface area contributed by atoms with Crippen LogP contribution in [0.25, 0.3) is 0 Å². The lowest BCUT2D eigenvalue weighted by Crippen LogP contribution is -2.03. The van der Waals surface area contributed by atoms with E-state index in [4.69, 9.17) is 16.6 Å². The van der Waals surface area contributed by atoms with Gasteiger partial charge in [-0.05, 0) is 30.5 Å². The second kappa shape index (κ2) is 5.59. The number of benzene rings is 1. The van der Waals surface area contributed by atoms with Crippen LogP contribution in [0.4, 0.5) is 0 Å². The molecule has 1 fully saturated rings. The van der Waals surface area contributed by atoms with Crippen molar-refractivity contribution in [2.75, 3.05) is 0 Å². The molecule has 0 radical (unpaired) electrons. The fourth-order valence-corrected chi connectivity index (χ4v) is 2.70. The Balaban J connectivity index is 1.84. The first-order valence-electron chi connectivity index (χ1n) is 6.41. The van der Waals surface area contributed by atoms with Gasteiger partial charge in [0.05, 0.1) is 5.69 Å². The molecule has 0 amide bonds. The van der Waals surface area contributed by atoms with Crippen molar-refractivity contribution < 1.29 is 0 Å². The summed E-state index contributed by atoms with van der Waals surface area (Å²) in [7, 11) is 0. The lowest BCUT2D eigenvalue weighted by atomic mass is 10.1. The molecule has 1 aliphatic carbocycles. The smallest absolute Gasteiger partial charge is 0.132 e. The van der Waals surface area contributed by atoms with E-state index in [1.807, 2.05) is 30.5 Å². The number of nitrogens with zero attached hydrogens (tertiary/aromatic N) is 2. The number of alkyl halides is 1. The number of rotatable bonds is 4. The first-order chi connectivity index (χ1) is 9.26. The van der Waals surface area contributed by atoms with Gasteiger partial charge in [-0.1, -0.05) is 39.7 Å². The fraction of sp³-hybridized carbons (Fsp3) is 0.333. The van der Waals surface area contributed by atoms with Crippen LogP contribution in [-0.4, -0.2) is 9.97 Å². The van der Waals surface area contributed by atoms with Gasteiger partial charge < -0.3 is 0 Å². The van der Waals surface area contributed by atoms with Gasteiger partial charge in [0, 0.05) is 34.5 Å². The van der Waals surface area contributed by atoms with E-state index >= 15 is 0 Å². The highest BCUT2D eigenvalue weighted by Crippen LogP contribution is 2.40. The van der Waals surface area contributed by atoms with E-state index in [1.165, 1.54) is 29.7 Å². The SMILES string of the molecule is Clc1ccc(Cc2ncc(CBr)c(C3CC3)n2)cc1. The summed E-state index contributed by atoms with van der Waals surface area (Å²) in [6.07, 6.45) is 5.24. The van der Waals surface area contributed by atoms with E-state index in [1.54, 1.807) is 0 Å². The van der Waals surface area contributed by atoms with Crippen molar-refractivity contribution in [1.82, 2.24) is 9.97 Å². The van der Waals surface area contributed by atoms with Crippen molar-refractivity contribution in [3.8, 4) is 0 Å². The predicted octanol–water partition coefficient (Wildman–Crippen LogP) is 4.49. The second-order valence-electron chi connectivity index (χ2n) is 4.91. The van der Waals surface area contributed by atoms with Crippen LogP contribution in [0.1, 0.15) is 41.4 Å². The molecule has 0 N–H and O–H groups in total. The van der Waals surface area contributed by atoms with Crippen molar-refractivity contribution in [2.45, 2.75) is 30.5 Å². The molecule has 0 aliphatic heterocycles. The molecule has 3 rings (SSSR count). The summed E-state index contributed by atoms with van der Waals surface area (Å²) in [4.78, 5) is 9.21. The van der Waals surface area contributed by atoms with E-state index in [0.29, 0.717) is 5.92 Å². The maximum absolute atomic E-state index is 5.89. The van der Waals surface area contributed by atoms with Crippen molar-refractivity contribution in [2.24, 2.45) is 0 Å². The van der Waals surface area contributed by atoms with Crippen LogP contribution in [0, 0.1) is 0 Å². The van der Waals surface area contributed by atoms with Gasteiger partial charge in [-0.2, -0.15) is 0 Å². The van der Waals surface area contributed by atoms with Gasteiger partial charge in [0.25, 0.3) is 0 Å². The van der Waals surface area contributed by atoms with Crippen molar-refractivity contribution in [1.29, 1.82) is 0 Å². The summed E-state index contributed by atoms with van der Waals surface area (Å²) in [6.45, 7) is 0. The zero-order chi connectivity index (χ0) is 13.2. The number of hydrogen-bond donors (Lipinski definition) is 0. The fourth-order valence-electron chi connectivity index (χ4n) is 2.14. The van der Waals surface area contributed by atoms with Gasteiger partial charge in [0.15, 0.2) is 0 Å². The average molecular weight is 338 g/mol. The zero-order valence-corrected chi connectivity index (χ0v) is 12.8. The largest absolute Gasteiger partial charge is 0.241 e. The van der Waals surface area contributed by atoms with Crippen LogP contribution >= 0.6 is 27.5 Å². The van der Waals surface area contributed by atoms with E-state index in [-0.39, 0.29) is 0 Å². The van der Waals surface area contributed by atoms with Crippen LogP contribution in [0.15, 0.2) is 30.5 Å². The topological polar surface area (TPSA) is 25.8 Å². The van der Waals surface area contributed by atoms with Crippen LogP contribution < -0.4 is 0 Å². The normalized spacial score (nSPS) is 14.6. The molecule has 1 heterocycles. The van der Waals surface area contributed by atoms with Crippen molar-refractivity contribution in [3.05, 3.63) is 58.1 Å². The molecular weight excluding hydrogens is 324 g/mol. The zero-order valence-electron chi connectivity index (χ0n) is 10.4. The van der Waals surface area contributed by atoms with Gasteiger partial charge in [-0.25, -0.2) is 9.97 Å². The summed E-state index contributed by atoms with van der Waals surface area (Å²) in [6, 6.07) is 7.87. The first-order valence-corrected chi connectivity index (χ1v) is 7.91. The third-order valence-corrected chi connectivity index (χ3v) is 4.19. The molecule has 1 saturated carbocycles. The van der Waals surface area contributed by atoms with Gasteiger partial charge in [0.1, 0.15) is 5.82 Å². The maximum Gasteiger partial charge on any atom is 0.132 e. The molecule has 0 saturated heterocycles. The van der Waals surface area contributed by atoms with Crippen LogP contribution in [0.3, 0.4) is 0 Å². The number of aromatic nitrogens is 2. The Bertz CT molecular complexity index is 579. The van der Waals surface area contributed by atoms with Crippen molar-refractivity contribution in [3.63, 3.8) is 0 Å². The summed E-state index contributed by atoms with van der Waals surface area (Å²) in [5.41, 5.74) is 3.65. The minimum atomic E-state index is 0.652. The van der Waals surface area contributed by atoms with E-state index in [2.05, 4.69) is 20.9 Å². The summed E-state index contributed by atoms with van der Waals surface area (Å²) in [5.74, 6) is 1.55. The van der Waals surface area contributed by atoms with Crippen LogP contribution in [-0.2, 0) is 11.8 Å². The van der Waals surface area contributed by atoms with Crippen molar-refractivity contribution >= 4 is 27.5 Å². The van der Waals surface area contributed by atoms with E-state index < -0.39 is 0 Å². The molecule has 1 aromatic carbocycles. The van der Waals surface area contributed by atoms with E-state index in [9.17, 15) is 0 Å². The Kier molecular flexibility index (Phi) is 3.85. The molecule has 0 unspecified atom stereocenters. The van der Waals surface area contributed by atoms with Crippen LogP contribution in [0.5, 0.6) is 0 Å². The minimum absolute atomic E-state index is 0.652. The molecule has 2 nitrogen and oxygen atoms in total. The first kappa shape index (κ1) is 13.1. The van der Waals surface area contributed by atoms with Gasteiger partial charge in [-0.3, -0.25) is 0 Å². The van der Waals surface area contributed by atoms with Gasteiger partial charge >= 0.3 is 0 Å². The molecule has 98 valence electrons. The quantitative estimate of drug-likeness (QED) is 0.768. The predicted molar refractivity (Wildman–Crippen MR) is 80.9 cm³/mol. The second-order valence-corrected chi connectivity index (χ2v) is 5.91.